The standard InChI is InChI=1S/C11H17NOS/c1-2-5-10-9(8-11(13)14-10)12-6-3-4-7-12/h8,10H,2-7H2,1H3. The topological polar surface area (TPSA) is 20.3 Å². The number of hydrogen-bond acceptors (Lipinski definition) is 3. The fourth-order valence-electron chi connectivity index (χ4n) is 2.19. The number of likely N-dealkylation sites (tertiary alicyclic amines) is 1. The van der Waals surface area contributed by atoms with Gasteiger partial charge in [-0.1, -0.05) is 25.1 Å². The normalized spacial score (nSPS) is 27.2. The molecule has 0 N–H and O–H groups in total. The van der Waals surface area contributed by atoms with Crippen molar-refractivity contribution in [1.29, 1.82) is 0 Å². The van der Waals surface area contributed by atoms with Crippen molar-refractivity contribution in [1.82, 2.24) is 4.90 Å². The minimum atomic E-state index is 0.255. The number of thioether (sulfide) groups is 1. The SMILES string of the molecule is CCCC1SC(=O)C=C1N1CCCC1. The summed E-state index contributed by atoms with van der Waals surface area (Å²) in [6, 6.07) is 0. The summed E-state index contributed by atoms with van der Waals surface area (Å²) in [5.74, 6) is 0. The molecule has 78 valence electrons. The summed E-state index contributed by atoms with van der Waals surface area (Å²) in [4.78, 5) is 13.8. The Morgan fingerprint density at radius 1 is 1.50 bits per heavy atom. The molecule has 1 saturated heterocycles. The van der Waals surface area contributed by atoms with Crippen molar-refractivity contribution in [3.05, 3.63) is 11.8 Å². The Morgan fingerprint density at radius 3 is 2.86 bits per heavy atom. The zero-order valence-electron chi connectivity index (χ0n) is 8.66. The van der Waals surface area contributed by atoms with Gasteiger partial charge in [0.2, 0.25) is 5.12 Å². The highest BCUT2D eigenvalue weighted by Gasteiger charge is 2.29. The highest BCUT2D eigenvalue weighted by Crippen LogP contribution is 2.35. The highest BCUT2D eigenvalue weighted by molar-refractivity contribution is 8.15. The minimum absolute atomic E-state index is 0.255. The van der Waals surface area contributed by atoms with Gasteiger partial charge in [-0.2, -0.15) is 0 Å². The second-order valence-corrected chi connectivity index (χ2v) is 5.18. The predicted molar refractivity (Wildman–Crippen MR) is 60.2 cm³/mol. The third kappa shape index (κ3) is 1.97. The fraction of sp³-hybridized carbons (Fsp3) is 0.727. The summed E-state index contributed by atoms with van der Waals surface area (Å²) in [5, 5.41) is 0.705. The smallest absolute Gasteiger partial charge is 0.214 e. The molecule has 0 saturated carbocycles. The minimum Gasteiger partial charge on any atom is -0.374 e. The molecule has 0 radical (unpaired) electrons. The van der Waals surface area contributed by atoms with E-state index in [-0.39, 0.29) is 5.12 Å². The van der Waals surface area contributed by atoms with Gasteiger partial charge in [-0.3, -0.25) is 4.79 Å². The maximum atomic E-state index is 11.4. The summed E-state index contributed by atoms with van der Waals surface area (Å²) in [6.45, 7) is 4.49. The molecular weight excluding hydrogens is 194 g/mol. The summed E-state index contributed by atoms with van der Waals surface area (Å²) < 4.78 is 0. The average Bonchev–Trinajstić information content (AvgIpc) is 2.74. The van der Waals surface area contributed by atoms with Gasteiger partial charge in [-0.15, -0.1) is 0 Å². The van der Waals surface area contributed by atoms with Crippen LogP contribution in [0.2, 0.25) is 0 Å². The van der Waals surface area contributed by atoms with Gasteiger partial charge in [0.25, 0.3) is 0 Å². The Balaban J connectivity index is 2.05. The maximum absolute atomic E-state index is 11.4. The van der Waals surface area contributed by atoms with E-state index < -0.39 is 0 Å². The predicted octanol–water partition coefficient (Wildman–Crippen LogP) is 2.41. The van der Waals surface area contributed by atoms with Crippen molar-refractivity contribution in [3.8, 4) is 0 Å². The van der Waals surface area contributed by atoms with Crippen LogP contribution in [0.25, 0.3) is 0 Å². The van der Waals surface area contributed by atoms with Crippen molar-refractivity contribution in [2.24, 2.45) is 0 Å². The molecule has 1 unspecified atom stereocenters. The molecule has 0 spiro atoms. The monoisotopic (exact) mass is 211 g/mol. The highest BCUT2D eigenvalue weighted by atomic mass is 32.2. The molecular formula is C11H17NOS. The van der Waals surface area contributed by atoms with Gasteiger partial charge < -0.3 is 4.90 Å². The Labute approximate surface area is 89.7 Å². The Morgan fingerprint density at radius 2 is 2.21 bits per heavy atom. The van der Waals surface area contributed by atoms with Gasteiger partial charge in [0.1, 0.15) is 0 Å². The van der Waals surface area contributed by atoms with E-state index >= 15 is 0 Å². The van der Waals surface area contributed by atoms with E-state index in [4.69, 9.17) is 0 Å². The third-order valence-electron chi connectivity index (χ3n) is 2.88. The summed E-state index contributed by atoms with van der Waals surface area (Å²) in [6.07, 6.45) is 6.73. The Bertz CT molecular complexity index is 256. The molecule has 0 aromatic heterocycles. The van der Waals surface area contributed by atoms with E-state index in [1.54, 1.807) is 0 Å². The van der Waals surface area contributed by atoms with Gasteiger partial charge in [0, 0.05) is 24.9 Å². The average molecular weight is 211 g/mol. The molecule has 0 aromatic carbocycles. The van der Waals surface area contributed by atoms with Crippen molar-refractivity contribution >= 4 is 16.9 Å². The lowest BCUT2D eigenvalue weighted by molar-refractivity contribution is -0.106. The summed E-state index contributed by atoms with van der Waals surface area (Å²) in [7, 11) is 0. The van der Waals surface area contributed by atoms with Gasteiger partial charge in [-0.05, 0) is 19.3 Å². The van der Waals surface area contributed by atoms with Crippen LogP contribution in [0.3, 0.4) is 0 Å². The molecule has 3 heteroatoms. The zero-order chi connectivity index (χ0) is 9.97. The molecule has 1 fully saturated rings. The molecule has 1 atom stereocenters. The number of rotatable bonds is 3. The van der Waals surface area contributed by atoms with Crippen molar-refractivity contribution < 1.29 is 4.79 Å². The lowest BCUT2D eigenvalue weighted by atomic mass is 10.2. The van der Waals surface area contributed by atoms with Crippen LogP contribution in [0.4, 0.5) is 0 Å². The molecule has 0 amide bonds. The van der Waals surface area contributed by atoms with Crippen molar-refractivity contribution in [2.75, 3.05) is 13.1 Å². The molecule has 0 aromatic rings. The van der Waals surface area contributed by atoms with Crippen molar-refractivity contribution in [2.45, 2.75) is 37.9 Å². The van der Waals surface area contributed by atoms with Gasteiger partial charge in [-0.25, -0.2) is 0 Å². The first kappa shape index (κ1) is 10.1. The first-order valence-electron chi connectivity index (χ1n) is 5.48. The first-order chi connectivity index (χ1) is 6.81. The van der Waals surface area contributed by atoms with E-state index in [1.807, 2.05) is 6.08 Å². The van der Waals surface area contributed by atoms with Crippen LogP contribution in [0.15, 0.2) is 11.8 Å². The van der Waals surface area contributed by atoms with Crippen LogP contribution in [0.1, 0.15) is 32.6 Å². The summed E-state index contributed by atoms with van der Waals surface area (Å²) in [5.41, 5.74) is 1.30. The second kappa shape index (κ2) is 4.39. The first-order valence-corrected chi connectivity index (χ1v) is 6.36. The maximum Gasteiger partial charge on any atom is 0.214 e. The molecule has 0 aliphatic carbocycles. The molecule has 2 aliphatic rings. The van der Waals surface area contributed by atoms with Gasteiger partial charge in [0.05, 0.1) is 5.25 Å². The van der Waals surface area contributed by atoms with E-state index in [1.165, 1.54) is 30.3 Å². The van der Waals surface area contributed by atoms with E-state index in [2.05, 4.69) is 11.8 Å². The van der Waals surface area contributed by atoms with E-state index in [0.717, 1.165) is 25.9 Å². The fourth-order valence-corrected chi connectivity index (χ4v) is 3.35. The lowest BCUT2D eigenvalue weighted by Crippen LogP contribution is -2.23. The molecule has 0 bridgehead atoms. The van der Waals surface area contributed by atoms with Crippen LogP contribution in [-0.4, -0.2) is 28.4 Å². The molecule has 2 aliphatic heterocycles. The third-order valence-corrected chi connectivity index (χ3v) is 3.99. The van der Waals surface area contributed by atoms with Gasteiger partial charge >= 0.3 is 0 Å². The molecule has 2 nitrogen and oxygen atoms in total. The van der Waals surface area contributed by atoms with E-state index in [9.17, 15) is 4.79 Å². The number of carbonyl (C=O) groups excluding carboxylic acids is 1. The van der Waals surface area contributed by atoms with Crippen LogP contribution >= 0.6 is 11.8 Å². The number of nitrogens with zero attached hydrogens (tertiary/aromatic N) is 1. The quantitative estimate of drug-likeness (QED) is 0.715. The zero-order valence-corrected chi connectivity index (χ0v) is 9.48. The van der Waals surface area contributed by atoms with Crippen LogP contribution < -0.4 is 0 Å². The molecule has 2 heterocycles. The lowest BCUT2D eigenvalue weighted by Gasteiger charge is -2.23. The van der Waals surface area contributed by atoms with E-state index in [0.29, 0.717) is 5.25 Å². The second-order valence-electron chi connectivity index (χ2n) is 3.98. The van der Waals surface area contributed by atoms with Gasteiger partial charge in [0.15, 0.2) is 0 Å². The summed E-state index contributed by atoms with van der Waals surface area (Å²) >= 11 is 1.51. The largest absolute Gasteiger partial charge is 0.374 e. The molecule has 14 heavy (non-hydrogen) atoms. The van der Waals surface area contributed by atoms with Crippen LogP contribution in [-0.2, 0) is 4.79 Å². The number of hydrogen-bond donors (Lipinski definition) is 0. The van der Waals surface area contributed by atoms with Crippen LogP contribution in [0, 0.1) is 0 Å². The number of carbonyl (C=O) groups is 1. The molecule has 2 rings (SSSR count). The van der Waals surface area contributed by atoms with Crippen LogP contribution in [0.5, 0.6) is 0 Å². The Hall–Kier alpha value is -0.440. The van der Waals surface area contributed by atoms with Crippen molar-refractivity contribution in [3.63, 3.8) is 0 Å². The Kier molecular flexibility index (Phi) is 3.16.